The first-order valence-electron chi connectivity index (χ1n) is 5.33. The van der Waals surface area contributed by atoms with E-state index in [2.05, 4.69) is 0 Å². The molecule has 4 nitrogen and oxygen atoms in total. The number of benzene rings is 1. The molecule has 1 aromatic rings. The van der Waals surface area contributed by atoms with Gasteiger partial charge in [0.05, 0.1) is 4.90 Å². The van der Waals surface area contributed by atoms with Gasteiger partial charge in [-0.3, -0.25) is 0 Å². The van der Waals surface area contributed by atoms with Crippen molar-refractivity contribution in [3.63, 3.8) is 0 Å². The van der Waals surface area contributed by atoms with E-state index in [0.29, 0.717) is 6.42 Å². The molecule has 0 radical (unpaired) electrons. The van der Waals surface area contributed by atoms with Crippen LogP contribution in [0.1, 0.15) is 20.3 Å². The van der Waals surface area contributed by atoms with Gasteiger partial charge in [0.15, 0.2) is 0 Å². The molecule has 6 heteroatoms. The molecule has 0 aromatic heterocycles. The summed E-state index contributed by atoms with van der Waals surface area (Å²) in [6.45, 7) is 3.68. The zero-order chi connectivity index (χ0) is 13.2. The molecule has 0 aliphatic rings. The number of anilines is 1. The van der Waals surface area contributed by atoms with Crippen molar-refractivity contribution in [2.24, 2.45) is 0 Å². The van der Waals surface area contributed by atoms with Gasteiger partial charge >= 0.3 is 0 Å². The van der Waals surface area contributed by atoms with Crippen LogP contribution in [-0.2, 0) is 10.0 Å². The van der Waals surface area contributed by atoms with Gasteiger partial charge in [0.2, 0.25) is 10.0 Å². The molecule has 1 atom stereocenters. The van der Waals surface area contributed by atoms with Gasteiger partial charge in [0, 0.05) is 18.8 Å². The van der Waals surface area contributed by atoms with Crippen molar-refractivity contribution in [3.05, 3.63) is 24.0 Å². The molecule has 0 saturated heterocycles. The number of halogens is 1. The standard InChI is InChI=1S/C11H17FN2O2S/c1-4-8(2)14(3)17(15,16)11-6-9(12)5-10(13)7-11/h5-8H,4,13H2,1-3H3. The highest BCUT2D eigenvalue weighted by atomic mass is 32.2. The second kappa shape index (κ2) is 5.01. The second-order valence-corrected chi connectivity index (χ2v) is 6.00. The van der Waals surface area contributed by atoms with E-state index in [1.165, 1.54) is 17.4 Å². The Bertz CT molecular complexity index is 482. The van der Waals surface area contributed by atoms with Gasteiger partial charge in [-0.05, 0) is 31.5 Å². The zero-order valence-electron chi connectivity index (χ0n) is 10.1. The molecular weight excluding hydrogens is 243 g/mol. The Morgan fingerprint density at radius 3 is 2.47 bits per heavy atom. The molecule has 0 aliphatic heterocycles. The molecular formula is C11H17FN2O2S. The van der Waals surface area contributed by atoms with E-state index in [0.717, 1.165) is 12.1 Å². The first-order chi connectivity index (χ1) is 7.78. The molecule has 0 amide bonds. The summed E-state index contributed by atoms with van der Waals surface area (Å²) in [5, 5.41) is 0. The average molecular weight is 260 g/mol. The van der Waals surface area contributed by atoms with Crippen molar-refractivity contribution < 1.29 is 12.8 Å². The Morgan fingerprint density at radius 1 is 1.41 bits per heavy atom. The molecule has 96 valence electrons. The van der Waals surface area contributed by atoms with Crippen LogP contribution in [0.4, 0.5) is 10.1 Å². The average Bonchev–Trinajstić information content (AvgIpc) is 2.25. The highest BCUT2D eigenvalue weighted by Crippen LogP contribution is 2.21. The van der Waals surface area contributed by atoms with Crippen LogP contribution in [0.25, 0.3) is 0 Å². The summed E-state index contributed by atoms with van der Waals surface area (Å²) in [4.78, 5) is -0.113. The summed E-state index contributed by atoms with van der Waals surface area (Å²) >= 11 is 0. The van der Waals surface area contributed by atoms with Gasteiger partial charge in [-0.25, -0.2) is 12.8 Å². The summed E-state index contributed by atoms with van der Waals surface area (Å²) in [5.41, 5.74) is 5.54. The van der Waals surface area contributed by atoms with Gasteiger partial charge in [0.25, 0.3) is 0 Å². The quantitative estimate of drug-likeness (QED) is 0.840. The lowest BCUT2D eigenvalue weighted by atomic mass is 10.3. The number of nitrogens with zero attached hydrogens (tertiary/aromatic N) is 1. The summed E-state index contributed by atoms with van der Waals surface area (Å²) < 4.78 is 38.6. The molecule has 2 N–H and O–H groups in total. The number of nitrogens with two attached hydrogens (primary N) is 1. The monoisotopic (exact) mass is 260 g/mol. The first kappa shape index (κ1) is 13.9. The van der Waals surface area contributed by atoms with Crippen molar-refractivity contribution in [2.45, 2.75) is 31.2 Å². The SMILES string of the molecule is CCC(C)N(C)S(=O)(=O)c1cc(N)cc(F)c1. The van der Waals surface area contributed by atoms with Crippen LogP contribution in [0.3, 0.4) is 0 Å². The molecule has 0 fully saturated rings. The van der Waals surface area contributed by atoms with Crippen LogP contribution in [0.2, 0.25) is 0 Å². The van der Waals surface area contributed by atoms with Crippen LogP contribution in [0.5, 0.6) is 0 Å². The van der Waals surface area contributed by atoms with Gasteiger partial charge in [0.1, 0.15) is 5.82 Å². The summed E-state index contributed by atoms with van der Waals surface area (Å²) in [5.74, 6) is -0.652. The predicted octanol–water partition coefficient (Wildman–Crippen LogP) is 1.83. The Balaban J connectivity index is 3.22. The number of rotatable bonds is 4. The minimum Gasteiger partial charge on any atom is -0.399 e. The Morgan fingerprint density at radius 2 is 2.00 bits per heavy atom. The van der Waals surface area contributed by atoms with Crippen LogP contribution in [0.15, 0.2) is 23.1 Å². The number of nitrogen functional groups attached to an aromatic ring is 1. The maximum Gasteiger partial charge on any atom is 0.243 e. The molecule has 0 aliphatic carbocycles. The topological polar surface area (TPSA) is 63.4 Å². The van der Waals surface area contributed by atoms with Gasteiger partial charge in [-0.2, -0.15) is 4.31 Å². The predicted molar refractivity (Wildman–Crippen MR) is 65.5 cm³/mol. The highest BCUT2D eigenvalue weighted by molar-refractivity contribution is 7.89. The lowest BCUT2D eigenvalue weighted by Crippen LogP contribution is -2.34. The normalized spacial score (nSPS) is 13.9. The molecule has 0 saturated carbocycles. The van der Waals surface area contributed by atoms with E-state index < -0.39 is 15.8 Å². The number of hydrogen-bond acceptors (Lipinski definition) is 3. The largest absolute Gasteiger partial charge is 0.399 e. The van der Waals surface area contributed by atoms with Crippen molar-refractivity contribution in [1.82, 2.24) is 4.31 Å². The summed E-state index contributed by atoms with van der Waals surface area (Å²) in [6, 6.07) is 3.17. The molecule has 1 unspecified atom stereocenters. The molecule has 1 rings (SSSR count). The second-order valence-electron chi connectivity index (χ2n) is 4.00. The number of hydrogen-bond donors (Lipinski definition) is 1. The van der Waals surface area contributed by atoms with Crippen LogP contribution in [-0.4, -0.2) is 25.8 Å². The van der Waals surface area contributed by atoms with Crippen molar-refractivity contribution in [1.29, 1.82) is 0 Å². The van der Waals surface area contributed by atoms with Crippen molar-refractivity contribution >= 4 is 15.7 Å². The van der Waals surface area contributed by atoms with Gasteiger partial charge < -0.3 is 5.73 Å². The Hall–Kier alpha value is -1.14. The molecule has 0 bridgehead atoms. The van der Waals surface area contributed by atoms with E-state index in [4.69, 9.17) is 5.73 Å². The summed E-state index contributed by atoms with van der Waals surface area (Å²) in [6.07, 6.45) is 0.681. The zero-order valence-corrected chi connectivity index (χ0v) is 11.0. The molecule has 0 heterocycles. The third-order valence-electron chi connectivity index (χ3n) is 2.78. The molecule has 1 aromatic carbocycles. The van der Waals surface area contributed by atoms with E-state index in [1.54, 1.807) is 6.92 Å². The fourth-order valence-corrected chi connectivity index (χ4v) is 2.90. The highest BCUT2D eigenvalue weighted by Gasteiger charge is 2.25. The van der Waals surface area contributed by atoms with Crippen LogP contribution >= 0.6 is 0 Å². The third kappa shape index (κ3) is 2.95. The first-order valence-corrected chi connectivity index (χ1v) is 6.77. The lowest BCUT2D eigenvalue weighted by Gasteiger charge is -2.23. The minimum absolute atomic E-state index is 0.0983. The van der Waals surface area contributed by atoms with E-state index in [9.17, 15) is 12.8 Å². The maximum atomic E-state index is 13.1. The van der Waals surface area contributed by atoms with Crippen LogP contribution in [0, 0.1) is 5.82 Å². The van der Waals surface area contributed by atoms with Crippen molar-refractivity contribution in [2.75, 3.05) is 12.8 Å². The maximum absolute atomic E-state index is 13.1. The Kier molecular flexibility index (Phi) is 4.11. The molecule has 0 spiro atoms. The minimum atomic E-state index is -3.68. The van der Waals surface area contributed by atoms with E-state index >= 15 is 0 Å². The third-order valence-corrected chi connectivity index (χ3v) is 4.73. The van der Waals surface area contributed by atoms with Crippen molar-refractivity contribution in [3.8, 4) is 0 Å². The smallest absolute Gasteiger partial charge is 0.243 e. The van der Waals surface area contributed by atoms with E-state index in [-0.39, 0.29) is 16.6 Å². The fourth-order valence-electron chi connectivity index (χ4n) is 1.39. The summed E-state index contributed by atoms with van der Waals surface area (Å²) in [7, 11) is -2.21. The fraction of sp³-hybridized carbons (Fsp3) is 0.455. The van der Waals surface area contributed by atoms with Gasteiger partial charge in [-0.15, -0.1) is 0 Å². The molecule has 17 heavy (non-hydrogen) atoms. The Labute approximate surface area is 101 Å². The van der Waals surface area contributed by atoms with Crippen LogP contribution < -0.4 is 5.73 Å². The van der Waals surface area contributed by atoms with Gasteiger partial charge in [-0.1, -0.05) is 6.92 Å². The van der Waals surface area contributed by atoms with E-state index in [1.807, 2.05) is 6.92 Å². The lowest BCUT2D eigenvalue weighted by molar-refractivity contribution is 0.380. The number of sulfonamides is 1.